The zero-order valence-corrected chi connectivity index (χ0v) is 25.5. The van der Waals surface area contributed by atoms with Gasteiger partial charge in [0.15, 0.2) is 29.6 Å². The first-order valence-electron chi connectivity index (χ1n) is 13.5. The number of imidazole rings is 2. The van der Waals surface area contributed by atoms with Crippen LogP contribution in [0.25, 0.3) is 22.3 Å². The summed E-state index contributed by atoms with van der Waals surface area (Å²) in [5.74, 6) is 0.159. The lowest BCUT2D eigenvalue weighted by Gasteiger charge is -2.34. The Morgan fingerprint density at radius 1 is 1.00 bits per heavy atom. The molecule has 4 saturated heterocycles. The maximum absolute atomic E-state index is 13.6. The Balaban J connectivity index is 1.10. The fourth-order valence-electron chi connectivity index (χ4n) is 6.03. The van der Waals surface area contributed by atoms with E-state index in [1.165, 1.54) is 29.7 Å². The third-order valence-corrected chi connectivity index (χ3v) is 10.7. The van der Waals surface area contributed by atoms with Crippen molar-refractivity contribution in [3.63, 3.8) is 0 Å². The van der Waals surface area contributed by atoms with Gasteiger partial charge in [-0.15, -0.1) is 0 Å². The van der Waals surface area contributed by atoms with Gasteiger partial charge in [0.25, 0.3) is 7.47 Å². The Morgan fingerprint density at radius 2 is 1.76 bits per heavy atom. The van der Waals surface area contributed by atoms with Gasteiger partial charge in [0.05, 0.1) is 38.2 Å². The second-order valence-electron chi connectivity index (χ2n) is 10.9. The van der Waals surface area contributed by atoms with Crippen LogP contribution in [0.3, 0.4) is 0 Å². The van der Waals surface area contributed by atoms with Gasteiger partial charge in [-0.2, -0.15) is 0 Å². The summed E-state index contributed by atoms with van der Waals surface area (Å²) in [5, 5.41) is 11.3. The Hall–Kier alpha value is -2.65. The van der Waals surface area contributed by atoms with E-state index >= 15 is 0 Å². The van der Waals surface area contributed by atoms with Crippen LogP contribution in [0.4, 0.5) is 11.5 Å². The Bertz CT molecular complexity index is 1920. The number of nitrogens with two attached hydrogens (primary N) is 2. The number of nitrogens with zero attached hydrogens (tertiary/aromatic N) is 7. The van der Waals surface area contributed by atoms with Crippen LogP contribution in [-0.4, -0.2) is 108 Å². The topological polar surface area (TPSA) is 248 Å². The summed E-state index contributed by atoms with van der Waals surface area (Å²) in [5.41, 5.74) is 12.2. The first-order valence-corrected chi connectivity index (χ1v) is 17.7. The number of aliphatic hydroxyl groups excluding tert-OH is 1. The molecule has 4 aliphatic rings. The Labute approximate surface area is 259 Å². The lowest BCUT2D eigenvalue weighted by Crippen LogP contribution is -2.46. The van der Waals surface area contributed by atoms with Gasteiger partial charge in [-0.3, -0.25) is 18.2 Å². The first-order chi connectivity index (χ1) is 21.5. The molecule has 10 atom stereocenters. The van der Waals surface area contributed by atoms with Gasteiger partial charge < -0.3 is 49.2 Å². The van der Waals surface area contributed by atoms with Crippen LogP contribution in [-0.2, 0) is 48.7 Å². The molecule has 6 N–H and O–H groups in total. The third-order valence-electron chi connectivity index (χ3n) is 8.12. The van der Waals surface area contributed by atoms with E-state index in [0.717, 1.165) is 0 Å². The number of aliphatic hydroxyl groups is 1. The third kappa shape index (κ3) is 4.81. The van der Waals surface area contributed by atoms with Crippen molar-refractivity contribution < 1.29 is 46.9 Å². The van der Waals surface area contributed by atoms with Crippen molar-refractivity contribution in [2.45, 2.75) is 48.6 Å². The number of fused-ring (bicyclic) bond motifs is 3. The molecule has 0 saturated carbocycles. The van der Waals surface area contributed by atoms with E-state index in [1.54, 1.807) is 10.6 Å². The van der Waals surface area contributed by atoms with Crippen LogP contribution < -0.4 is 11.5 Å². The summed E-state index contributed by atoms with van der Waals surface area (Å²) in [6, 6.07) is 1.58. The zero-order valence-electron chi connectivity index (χ0n) is 22.9. The van der Waals surface area contributed by atoms with Crippen molar-refractivity contribution >= 4 is 67.4 Å². The van der Waals surface area contributed by atoms with Gasteiger partial charge in [-0.1, -0.05) is 0 Å². The number of ether oxygens (including phenoxy) is 3. The van der Waals surface area contributed by atoms with E-state index in [-0.39, 0.29) is 12.4 Å². The minimum atomic E-state index is -4.43. The monoisotopic (exact) mass is 679 g/mol. The van der Waals surface area contributed by atoms with E-state index in [9.17, 15) is 14.6 Å². The van der Waals surface area contributed by atoms with Crippen molar-refractivity contribution in [3.8, 4) is 0 Å². The number of pyridine rings is 1. The molecule has 4 aliphatic heterocycles. The molecule has 0 amide bonds. The number of anilines is 2. The molecule has 45 heavy (non-hydrogen) atoms. The molecule has 19 nitrogen and oxygen atoms in total. The number of nitrogen functional groups attached to an aromatic ring is 2. The standard InChI is InChI=1S/C22H24BN9O10P2S/c23-43(34)38-5-22-4-36-15(21(40-22)32-8-30-12-17(25)27-6-28-19(12)32)16(22)42-44(35,45)37-3-10-14(41-43)13(33)20(39-10)31-7-29-11-9(24)1-2-26-18(11)31/h1-2,6-8,10,13-16,20-21,33H,3-5H2,(H2,24,26)(H,35,45)(H2,25,27,28)/t10-,13+,14?,15?,16-,20-,21-,22-,43?,44?/m1/s1. The van der Waals surface area contributed by atoms with Gasteiger partial charge in [0.1, 0.15) is 53.5 Å². The average molecular weight is 679 g/mol. The minimum absolute atomic E-state index is 0.110. The highest BCUT2D eigenvalue weighted by Gasteiger charge is 2.65. The van der Waals surface area contributed by atoms with Gasteiger partial charge in [0.2, 0.25) is 7.57 Å². The van der Waals surface area contributed by atoms with Crippen molar-refractivity contribution in [2.24, 2.45) is 0 Å². The molecule has 4 fully saturated rings. The highest BCUT2D eigenvalue weighted by molar-refractivity contribution is 8.07. The molecule has 236 valence electrons. The molecule has 4 aromatic rings. The van der Waals surface area contributed by atoms with E-state index in [2.05, 4.69) is 24.9 Å². The van der Waals surface area contributed by atoms with Gasteiger partial charge in [-0.25, -0.2) is 24.9 Å². The van der Waals surface area contributed by atoms with E-state index in [0.29, 0.717) is 28.0 Å². The summed E-state index contributed by atoms with van der Waals surface area (Å²) in [4.78, 5) is 32.2. The number of rotatable bonds is 2. The molecule has 2 bridgehead atoms. The fourth-order valence-corrected chi connectivity index (χ4v) is 8.54. The summed E-state index contributed by atoms with van der Waals surface area (Å²) in [6.45, 7) is -5.10. The fraction of sp³-hybridized carbons (Fsp3) is 0.500. The first kappa shape index (κ1) is 29.7. The predicted molar refractivity (Wildman–Crippen MR) is 156 cm³/mol. The smallest absolute Gasteiger partial charge is 0.325 e. The lowest BCUT2D eigenvalue weighted by atomic mass is 10.0. The highest BCUT2D eigenvalue weighted by atomic mass is 32.5. The zero-order chi connectivity index (χ0) is 31.3. The van der Waals surface area contributed by atoms with Crippen LogP contribution in [0.15, 0.2) is 31.2 Å². The minimum Gasteiger partial charge on any atom is -0.397 e. The van der Waals surface area contributed by atoms with Gasteiger partial charge in [-0.05, 0) is 17.9 Å². The van der Waals surface area contributed by atoms with Crippen LogP contribution in [0.1, 0.15) is 12.5 Å². The SMILES string of the molecule is [B]P1(=O)OC[C@@]23COC([C@H](n4cnc5c(N)ncnc54)O2)[C@H]3OP(O)(=S)OC[C@H]2O[C@@H](n3cnc4c(N)ccnc43)[C@@H](O)C2O1. The molecule has 0 spiro atoms. The molecule has 4 unspecified atom stereocenters. The summed E-state index contributed by atoms with van der Waals surface area (Å²) in [6.07, 6.45) is -2.48. The van der Waals surface area contributed by atoms with E-state index < -0.39 is 76.0 Å². The summed E-state index contributed by atoms with van der Waals surface area (Å²) < 4.78 is 58.0. The molecular weight excluding hydrogens is 655 g/mol. The van der Waals surface area contributed by atoms with Crippen molar-refractivity contribution in [1.82, 2.24) is 34.1 Å². The Kier molecular flexibility index (Phi) is 6.89. The maximum atomic E-state index is 13.6. The molecule has 8 heterocycles. The van der Waals surface area contributed by atoms with Gasteiger partial charge >= 0.3 is 6.72 Å². The van der Waals surface area contributed by atoms with Crippen molar-refractivity contribution in [2.75, 3.05) is 31.3 Å². The highest BCUT2D eigenvalue weighted by Crippen LogP contribution is 2.58. The summed E-state index contributed by atoms with van der Waals surface area (Å²) in [7, 11) is 1.61. The molecule has 0 aliphatic carbocycles. The average Bonchev–Trinajstić information content (AvgIpc) is 3.80. The number of hydrogen-bond acceptors (Lipinski definition) is 17. The normalized spacial score (nSPS) is 40.3. The largest absolute Gasteiger partial charge is 0.397 e. The second kappa shape index (κ2) is 10.4. The quantitative estimate of drug-likeness (QED) is 0.156. The van der Waals surface area contributed by atoms with Crippen molar-refractivity contribution in [3.05, 3.63) is 31.2 Å². The number of hydrogen-bond donors (Lipinski definition) is 4. The van der Waals surface area contributed by atoms with Crippen LogP contribution >= 0.6 is 14.2 Å². The summed E-state index contributed by atoms with van der Waals surface area (Å²) >= 11 is 5.37. The molecule has 23 heteroatoms. The molecule has 8 rings (SSSR count). The number of aromatic nitrogens is 7. The lowest BCUT2D eigenvalue weighted by molar-refractivity contribution is -0.183. The van der Waals surface area contributed by atoms with E-state index in [4.69, 9.17) is 63.1 Å². The van der Waals surface area contributed by atoms with E-state index in [1.807, 2.05) is 0 Å². The maximum Gasteiger partial charge on any atom is 0.325 e. The molecule has 0 aromatic carbocycles. The van der Waals surface area contributed by atoms with Crippen LogP contribution in [0, 0.1) is 0 Å². The van der Waals surface area contributed by atoms with Gasteiger partial charge in [0, 0.05) is 6.20 Å². The molecule has 4 aromatic heterocycles. The Morgan fingerprint density at radius 3 is 2.58 bits per heavy atom. The molecule has 2 radical (unpaired) electrons. The molecular formula is C22H24BN9O10P2S. The van der Waals surface area contributed by atoms with Crippen molar-refractivity contribution in [1.29, 1.82) is 0 Å². The van der Waals surface area contributed by atoms with Crippen LogP contribution in [0.2, 0.25) is 0 Å². The second-order valence-corrected chi connectivity index (χ2v) is 15.2. The predicted octanol–water partition coefficient (Wildman–Crippen LogP) is -0.329. The van der Waals surface area contributed by atoms with Crippen LogP contribution in [0.5, 0.6) is 0 Å².